The van der Waals surface area contributed by atoms with Gasteiger partial charge in [0.1, 0.15) is 5.76 Å². The van der Waals surface area contributed by atoms with E-state index in [0.29, 0.717) is 5.92 Å². The predicted octanol–water partition coefficient (Wildman–Crippen LogP) is 2.00. The number of nitrogens with zero attached hydrogens (tertiary/aromatic N) is 1. The summed E-state index contributed by atoms with van der Waals surface area (Å²) < 4.78 is 5.26. The van der Waals surface area contributed by atoms with Gasteiger partial charge in [0, 0.05) is 5.56 Å². The maximum atomic E-state index is 5.26. The van der Waals surface area contributed by atoms with Crippen molar-refractivity contribution in [2.75, 3.05) is 13.1 Å². The lowest BCUT2D eigenvalue weighted by molar-refractivity contribution is 0.391. The summed E-state index contributed by atoms with van der Waals surface area (Å²) in [6.07, 6.45) is 2.64. The van der Waals surface area contributed by atoms with E-state index in [-0.39, 0.29) is 0 Å². The summed E-state index contributed by atoms with van der Waals surface area (Å²) in [5.41, 5.74) is 2.50. The summed E-state index contributed by atoms with van der Waals surface area (Å²) >= 11 is 0. The second kappa shape index (κ2) is 3.34. The second-order valence-corrected chi connectivity index (χ2v) is 5.08. The Balaban J connectivity index is 1.85. The lowest BCUT2D eigenvalue weighted by atomic mass is 9.94. The van der Waals surface area contributed by atoms with Gasteiger partial charge in [-0.25, -0.2) is 0 Å². The lowest BCUT2D eigenvalue weighted by Crippen LogP contribution is -2.11. The van der Waals surface area contributed by atoms with Crippen molar-refractivity contribution in [2.45, 2.75) is 32.6 Å². The molecule has 3 rings (SSSR count). The van der Waals surface area contributed by atoms with Gasteiger partial charge >= 0.3 is 0 Å². The van der Waals surface area contributed by atoms with Crippen molar-refractivity contribution in [1.82, 2.24) is 10.5 Å². The van der Waals surface area contributed by atoms with Crippen LogP contribution in [0.25, 0.3) is 0 Å². The van der Waals surface area contributed by atoms with Crippen molar-refractivity contribution >= 4 is 0 Å². The van der Waals surface area contributed by atoms with E-state index in [2.05, 4.69) is 17.4 Å². The molecule has 3 nitrogen and oxygen atoms in total. The Morgan fingerprint density at radius 3 is 2.40 bits per heavy atom. The zero-order chi connectivity index (χ0) is 10.4. The molecular weight excluding hydrogens is 188 g/mol. The molecular formula is C12H18N2O. The van der Waals surface area contributed by atoms with Crippen LogP contribution in [0.15, 0.2) is 4.52 Å². The first-order valence-electron chi connectivity index (χ1n) is 5.89. The number of hydrogen-bond acceptors (Lipinski definition) is 3. The zero-order valence-corrected chi connectivity index (χ0v) is 9.42. The van der Waals surface area contributed by atoms with E-state index >= 15 is 0 Å². The molecule has 2 fully saturated rings. The summed E-state index contributed by atoms with van der Waals surface area (Å²) in [6, 6.07) is 0. The summed E-state index contributed by atoms with van der Waals surface area (Å²) in [4.78, 5) is 0. The minimum absolute atomic E-state index is 0.702. The molecule has 15 heavy (non-hydrogen) atoms. The smallest absolute Gasteiger partial charge is 0.137 e. The fourth-order valence-corrected chi connectivity index (χ4v) is 3.47. The molecule has 2 atom stereocenters. The molecule has 0 amide bonds. The summed E-state index contributed by atoms with van der Waals surface area (Å²) in [7, 11) is 0. The molecule has 1 saturated heterocycles. The maximum Gasteiger partial charge on any atom is 0.137 e. The van der Waals surface area contributed by atoms with Gasteiger partial charge in [-0.15, -0.1) is 0 Å². The Morgan fingerprint density at radius 1 is 1.20 bits per heavy atom. The summed E-state index contributed by atoms with van der Waals surface area (Å²) in [5, 5.41) is 7.54. The van der Waals surface area contributed by atoms with Crippen LogP contribution in [0.5, 0.6) is 0 Å². The fourth-order valence-electron chi connectivity index (χ4n) is 3.47. The van der Waals surface area contributed by atoms with Gasteiger partial charge in [0.15, 0.2) is 0 Å². The normalized spacial score (nSPS) is 34.7. The molecule has 3 heteroatoms. The number of fused-ring (bicyclic) bond motifs is 1. The van der Waals surface area contributed by atoms with Crippen LogP contribution >= 0.6 is 0 Å². The standard InChI is InChI=1S/C12H18N2O/c1-7-12(8(2)15-14-7)9-3-10-5-13-6-11(10)4-9/h9-11,13H,3-6H2,1-2H3. The SMILES string of the molecule is Cc1noc(C)c1C1CC2CNCC2C1. The predicted molar refractivity (Wildman–Crippen MR) is 57.8 cm³/mol. The number of aromatic nitrogens is 1. The number of rotatable bonds is 1. The number of nitrogens with one attached hydrogen (secondary N) is 1. The molecule has 1 saturated carbocycles. The van der Waals surface area contributed by atoms with Crippen LogP contribution in [0.4, 0.5) is 0 Å². The average molecular weight is 206 g/mol. The molecule has 82 valence electrons. The highest BCUT2D eigenvalue weighted by atomic mass is 16.5. The van der Waals surface area contributed by atoms with Crippen LogP contribution in [0.2, 0.25) is 0 Å². The van der Waals surface area contributed by atoms with E-state index < -0.39 is 0 Å². The van der Waals surface area contributed by atoms with Gasteiger partial charge in [-0.3, -0.25) is 0 Å². The Kier molecular flexibility index (Phi) is 2.09. The molecule has 2 aliphatic rings. The van der Waals surface area contributed by atoms with Crippen LogP contribution in [0, 0.1) is 25.7 Å². The van der Waals surface area contributed by atoms with Gasteiger partial charge in [-0.05, 0) is 57.5 Å². The molecule has 1 aromatic rings. The summed E-state index contributed by atoms with van der Waals surface area (Å²) in [5.74, 6) is 3.52. The van der Waals surface area contributed by atoms with Gasteiger partial charge in [0.05, 0.1) is 5.69 Å². The third-order valence-corrected chi connectivity index (χ3v) is 4.15. The van der Waals surface area contributed by atoms with Gasteiger partial charge in [0.2, 0.25) is 0 Å². The first kappa shape index (κ1) is 9.40. The molecule has 2 heterocycles. The largest absolute Gasteiger partial charge is 0.361 e. The highest BCUT2D eigenvalue weighted by Gasteiger charge is 2.39. The first-order valence-corrected chi connectivity index (χ1v) is 5.89. The number of aryl methyl sites for hydroxylation is 2. The topological polar surface area (TPSA) is 38.1 Å². The molecule has 0 radical (unpaired) electrons. The molecule has 1 aliphatic heterocycles. The van der Waals surface area contributed by atoms with Crippen LogP contribution in [-0.2, 0) is 0 Å². The third-order valence-electron chi connectivity index (χ3n) is 4.15. The van der Waals surface area contributed by atoms with Crippen molar-refractivity contribution in [3.63, 3.8) is 0 Å². The Morgan fingerprint density at radius 2 is 1.87 bits per heavy atom. The average Bonchev–Trinajstić information content (AvgIpc) is 2.80. The van der Waals surface area contributed by atoms with Crippen molar-refractivity contribution in [2.24, 2.45) is 11.8 Å². The molecule has 1 N–H and O–H groups in total. The fraction of sp³-hybridized carbons (Fsp3) is 0.750. The van der Waals surface area contributed by atoms with Crippen molar-refractivity contribution in [3.05, 3.63) is 17.0 Å². The van der Waals surface area contributed by atoms with Crippen LogP contribution in [0.3, 0.4) is 0 Å². The lowest BCUT2D eigenvalue weighted by Gasteiger charge is -2.10. The van der Waals surface area contributed by atoms with Gasteiger partial charge in [-0.1, -0.05) is 5.16 Å². The molecule has 0 spiro atoms. The first-order chi connectivity index (χ1) is 7.25. The quantitative estimate of drug-likeness (QED) is 0.763. The molecule has 2 unspecified atom stereocenters. The minimum atomic E-state index is 0.702. The minimum Gasteiger partial charge on any atom is -0.361 e. The van der Waals surface area contributed by atoms with Crippen LogP contribution in [-0.4, -0.2) is 18.2 Å². The van der Waals surface area contributed by atoms with Crippen LogP contribution in [0.1, 0.15) is 35.8 Å². The van der Waals surface area contributed by atoms with Crippen molar-refractivity contribution in [3.8, 4) is 0 Å². The van der Waals surface area contributed by atoms with E-state index in [0.717, 1.165) is 23.3 Å². The zero-order valence-electron chi connectivity index (χ0n) is 9.42. The van der Waals surface area contributed by atoms with Gasteiger partial charge in [0.25, 0.3) is 0 Å². The molecule has 1 aromatic heterocycles. The van der Waals surface area contributed by atoms with Crippen LogP contribution < -0.4 is 5.32 Å². The highest BCUT2D eigenvalue weighted by molar-refractivity contribution is 5.27. The van der Waals surface area contributed by atoms with Crippen molar-refractivity contribution in [1.29, 1.82) is 0 Å². The molecule has 0 aromatic carbocycles. The van der Waals surface area contributed by atoms with E-state index in [1.165, 1.54) is 31.5 Å². The van der Waals surface area contributed by atoms with Gasteiger partial charge < -0.3 is 9.84 Å². The van der Waals surface area contributed by atoms with Gasteiger partial charge in [-0.2, -0.15) is 0 Å². The third kappa shape index (κ3) is 1.41. The Hall–Kier alpha value is -0.830. The molecule has 0 bridgehead atoms. The van der Waals surface area contributed by atoms with Crippen molar-refractivity contribution < 1.29 is 4.52 Å². The monoisotopic (exact) mass is 206 g/mol. The van der Waals surface area contributed by atoms with E-state index in [1.807, 2.05) is 6.92 Å². The maximum absolute atomic E-state index is 5.26. The second-order valence-electron chi connectivity index (χ2n) is 5.08. The highest BCUT2D eigenvalue weighted by Crippen LogP contribution is 2.45. The van der Waals surface area contributed by atoms with E-state index in [9.17, 15) is 0 Å². The Bertz CT molecular complexity index is 340. The number of hydrogen-bond donors (Lipinski definition) is 1. The van der Waals surface area contributed by atoms with E-state index in [1.54, 1.807) is 0 Å². The molecule has 1 aliphatic carbocycles. The summed E-state index contributed by atoms with van der Waals surface area (Å²) in [6.45, 7) is 6.54. The Labute approximate surface area is 90.2 Å². The van der Waals surface area contributed by atoms with E-state index in [4.69, 9.17) is 4.52 Å².